The van der Waals surface area contributed by atoms with E-state index in [0.29, 0.717) is 12.4 Å². The van der Waals surface area contributed by atoms with Crippen LogP contribution >= 0.6 is 0 Å². The predicted molar refractivity (Wildman–Crippen MR) is 45.9 cm³/mol. The molecule has 0 amide bonds. The molecule has 1 aliphatic rings. The lowest BCUT2D eigenvalue weighted by atomic mass is 10.1. The van der Waals surface area contributed by atoms with Crippen LogP contribution in [-0.4, -0.2) is 4.98 Å². The van der Waals surface area contributed by atoms with E-state index in [0.717, 1.165) is 11.1 Å². The van der Waals surface area contributed by atoms with Crippen molar-refractivity contribution in [3.8, 4) is 0 Å². The minimum Gasteiger partial charge on any atom is -0.496 e. The van der Waals surface area contributed by atoms with E-state index < -0.39 is 0 Å². The van der Waals surface area contributed by atoms with Gasteiger partial charge in [-0.2, -0.15) is 0 Å². The first-order chi connectivity index (χ1) is 5.92. The molecule has 0 radical (unpaired) electrons. The van der Waals surface area contributed by atoms with Crippen LogP contribution < -0.4 is 11.3 Å². The number of hydrazine groups is 1. The average Bonchev–Trinajstić information content (AvgIpc) is 2.17. The number of nitrogens with two attached hydrogens (primary N) is 1. The summed E-state index contributed by atoms with van der Waals surface area (Å²) in [6.07, 6.45) is 5.27. The highest BCUT2D eigenvalue weighted by Crippen LogP contribution is 2.22. The zero-order valence-electron chi connectivity index (χ0n) is 6.45. The van der Waals surface area contributed by atoms with Crippen LogP contribution in [0, 0.1) is 0 Å². The molecule has 0 atom stereocenters. The Bertz CT molecular complexity index is 322. The Morgan fingerprint density at radius 3 is 3.33 bits per heavy atom. The third-order valence-electron chi connectivity index (χ3n) is 1.80. The molecule has 1 aromatic heterocycles. The largest absolute Gasteiger partial charge is 0.496 e. The van der Waals surface area contributed by atoms with Crippen molar-refractivity contribution in [3.63, 3.8) is 0 Å². The number of nitrogens with zero attached hydrogens (tertiary/aromatic N) is 1. The summed E-state index contributed by atoms with van der Waals surface area (Å²) >= 11 is 0. The molecule has 0 saturated carbocycles. The zero-order chi connectivity index (χ0) is 8.39. The van der Waals surface area contributed by atoms with E-state index in [9.17, 15) is 0 Å². The SMILES string of the molecule is NNc1nccc2c1COC=C2. The Hall–Kier alpha value is -1.55. The molecule has 1 aromatic rings. The first-order valence-electron chi connectivity index (χ1n) is 3.64. The lowest BCUT2D eigenvalue weighted by Gasteiger charge is -2.13. The maximum absolute atomic E-state index is 5.28. The molecule has 1 aliphatic heterocycles. The minimum absolute atomic E-state index is 0.527. The van der Waals surface area contributed by atoms with Gasteiger partial charge in [0.1, 0.15) is 12.4 Å². The fourth-order valence-corrected chi connectivity index (χ4v) is 1.19. The normalized spacial score (nSPS) is 13.4. The van der Waals surface area contributed by atoms with Crippen molar-refractivity contribution in [2.75, 3.05) is 5.43 Å². The van der Waals surface area contributed by atoms with Gasteiger partial charge in [0, 0.05) is 11.8 Å². The summed E-state index contributed by atoms with van der Waals surface area (Å²) in [6.45, 7) is 0.527. The predicted octanol–water partition coefficient (Wildman–Crippen LogP) is 0.868. The van der Waals surface area contributed by atoms with Crippen LogP contribution in [0.15, 0.2) is 18.5 Å². The molecular weight excluding hydrogens is 154 g/mol. The van der Waals surface area contributed by atoms with Crippen LogP contribution in [0.5, 0.6) is 0 Å². The van der Waals surface area contributed by atoms with Crippen molar-refractivity contribution in [1.82, 2.24) is 4.98 Å². The van der Waals surface area contributed by atoms with Crippen molar-refractivity contribution in [1.29, 1.82) is 0 Å². The van der Waals surface area contributed by atoms with Gasteiger partial charge >= 0.3 is 0 Å². The summed E-state index contributed by atoms with van der Waals surface area (Å²) in [5.41, 5.74) is 4.63. The Morgan fingerprint density at radius 1 is 1.58 bits per heavy atom. The summed E-state index contributed by atoms with van der Waals surface area (Å²) in [5, 5.41) is 0. The van der Waals surface area contributed by atoms with Crippen LogP contribution in [-0.2, 0) is 11.3 Å². The van der Waals surface area contributed by atoms with Gasteiger partial charge in [0.05, 0.1) is 6.26 Å². The smallest absolute Gasteiger partial charge is 0.147 e. The van der Waals surface area contributed by atoms with E-state index in [2.05, 4.69) is 10.4 Å². The number of rotatable bonds is 1. The van der Waals surface area contributed by atoms with E-state index >= 15 is 0 Å². The molecule has 0 fully saturated rings. The van der Waals surface area contributed by atoms with Gasteiger partial charge in [-0.25, -0.2) is 10.8 Å². The number of nitrogens with one attached hydrogen (secondary N) is 1. The van der Waals surface area contributed by atoms with Crippen molar-refractivity contribution in [2.24, 2.45) is 5.84 Å². The molecule has 2 heterocycles. The maximum atomic E-state index is 5.28. The monoisotopic (exact) mass is 163 g/mol. The first-order valence-corrected chi connectivity index (χ1v) is 3.64. The lowest BCUT2D eigenvalue weighted by Crippen LogP contribution is -2.13. The summed E-state index contributed by atoms with van der Waals surface area (Å²) in [4.78, 5) is 4.06. The van der Waals surface area contributed by atoms with Crippen molar-refractivity contribution < 1.29 is 4.74 Å². The van der Waals surface area contributed by atoms with Gasteiger partial charge in [0.25, 0.3) is 0 Å². The van der Waals surface area contributed by atoms with E-state index in [1.807, 2.05) is 12.1 Å². The molecule has 0 unspecified atom stereocenters. The number of fused-ring (bicyclic) bond motifs is 1. The third-order valence-corrected chi connectivity index (χ3v) is 1.80. The van der Waals surface area contributed by atoms with Crippen LogP contribution in [0.25, 0.3) is 6.08 Å². The first kappa shape index (κ1) is 7.12. The fraction of sp³-hybridized carbons (Fsp3) is 0.125. The molecular formula is C8H9N3O. The van der Waals surface area contributed by atoms with Gasteiger partial charge < -0.3 is 10.2 Å². The molecule has 4 heteroatoms. The van der Waals surface area contributed by atoms with E-state index in [4.69, 9.17) is 10.6 Å². The summed E-state index contributed by atoms with van der Waals surface area (Å²) in [7, 11) is 0. The maximum Gasteiger partial charge on any atom is 0.147 e. The van der Waals surface area contributed by atoms with Gasteiger partial charge in [-0.15, -0.1) is 0 Å². The van der Waals surface area contributed by atoms with E-state index in [-0.39, 0.29) is 0 Å². The number of aromatic nitrogens is 1. The molecule has 0 saturated heterocycles. The van der Waals surface area contributed by atoms with Crippen LogP contribution in [0.2, 0.25) is 0 Å². The van der Waals surface area contributed by atoms with Crippen LogP contribution in [0.1, 0.15) is 11.1 Å². The topological polar surface area (TPSA) is 60.2 Å². The highest BCUT2D eigenvalue weighted by Gasteiger charge is 2.09. The number of pyridine rings is 1. The number of hydrogen-bond acceptors (Lipinski definition) is 4. The van der Waals surface area contributed by atoms with Gasteiger partial charge in [-0.05, 0) is 17.7 Å². The molecule has 0 spiro atoms. The fourth-order valence-electron chi connectivity index (χ4n) is 1.19. The highest BCUT2D eigenvalue weighted by molar-refractivity contribution is 5.61. The number of nitrogen functional groups attached to an aromatic ring is 1. The quantitative estimate of drug-likeness (QED) is 0.476. The number of hydrogen-bond donors (Lipinski definition) is 2. The molecule has 2 rings (SSSR count). The number of ether oxygens (including phenoxy) is 1. The van der Waals surface area contributed by atoms with E-state index in [1.165, 1.54) is 0 Å². The molecule has 3 N–H and O–H groups in total. The number of anilines is 1. The lowest BCUT2D eigenvalue weighted by molar-refractivity contribution is 0.235. The molecule has 0 bridgehead atoms. The molecule has 12 heavy (non-hydrogen) atoms. The summed E-state index contributed by atoms with van der Waals surface area (Å²) in [5.74, 6) is 5.96. The second kappa shape index (κ2) is 2.83. The Kier molecular flexibility index (Phi) is 1.68. The molecule has 4 nitrogen and oxygen atoms in total. The van der Waals surface area contributed by atoms with Crippen molar-refractivity contribution in [3.05, 3.63) is 29.7 Å². The second-order valence-corrected chi connectivity index (χ2v) is 2.49. The standard InChI is InChI=1S/C8H9N3O/c9-11-8-7-5-12-4-2-6(7)1-3-10-8/h1-4H,5,9H2,(H,10,11). The second-order valence-electron chi connectivity index (χ2n) is 2.49. The Labute approximate surface area is 70.0 Å². The Morgan fingerprint density at radius 2 is 2.50 bits per heavy atom. The van der Waals surface area contributed by atoms with Crippen LogP contribution in [0.4, 0.5) is 5.82 Å². The molecule has 0 aromatic carbocycles. The van der Waals surface area contributed by atoms with Gasteiger partial charge in [-0.1, -0.05) is 0 Å². The van der Waals surface area contributed by atoms with Gasteiger partial charge in [0.2, 0.25) is 0 Å². The zero-order valence-corrected chi connectivity index (χ0v) is 6.45. The minimum atomic E-state index is 0.527. The van der Waals surface area contributed by atoms with Gasteiger partial charge in [0.15, 0.2) is 0 Å². The highest BCUT2D eigenvalue weighted by atomic mass is 16.5. The Balaban J connectivity index is 2.53. The van der Waals surface area contributed by atoms with E-state index in [1.54, 1.807) is 12.5 Å². The van der Waals surface area contributed by atoms with Gasteiger partial charge in [-0.3, -0.25) is 0 Å². The van der Waals surface area contributed by atoms with Crippen LogP contribution in [0.3, 0.4) is 0 Å². The third kappa shape index (κ3) is 1.02. The molecule has 0 aliphatic carbocycles. The van der Waals surface area contributed by atoms with Crippen molar-refractivity contribution >= 4 is 11.9 Å². The average molecular weight is 163 g/mol. The summed E-state index contributed by atoms with van der Waals surface area (Å²) in [6, 6.07) is 1.93. The molecule has 62 valence electrons. The summed E-state index contributed by atoms with van der Waals surface area (Å²) < 4.78 is 5.12. The van der Waals surface area contributed by atoms with Crippen molar-refractivity contribution in [2.45, 2.75) is 6.61 Å².